The summed E-state index contributed by atoms with van der Waals surface area (Å²) in [5.41, 5.74) is -6.80. The highest BCUT2D eigenvalue weighted by Gasteiger charge is 2.74. The molecule has 0 bridgehead atoms. The summed E-state index contributed by atoms with van der Waals surface area (Å²) in [6, 6.07) is 6.66. The third-order valence-electron chi connectivity index (χ3n) is 9.84. The lowest BCUT2D eigenvalue weighted by Gasteiger charge is -2.44. The van der Waals surface area contributed by atoms with Crippen molar-refractivity contribution in [3.8, 4) is 12.0 Å². The van der Waals surface area contributed by atoms with E-state index in [9.17, 15) is 43.9 Å². The number of rotatable bonds is 4. The summed E-state index contributed by atoms with van der Waals surface area (Å²) in [4.78, 5) is 17.1. The van der Waals surface area contributed by atoms with Gasteiger partial charge in [-0.05, 0) is 80.8 Å². The minimum atomic E-state index is -6.36. The molecule has 2 saturated heterocycles. The first kappa shape index (κ1) is 35.7. The van der Waals surface area contributed by atoms with Gasteiger partial charge >= 0.3 is 18.0 Å². The van der Waals surface area contributed by atoms with Crippen LogP contribution in [-0.2, 0) is 31.5 Å². The van der Waals surface area contributed by atoms with E-state index in [0.29, 0.717) is 31.4 Å². The zero-order valence-electron chi connectivity index (χ0n) is 26.4. The second-order valence-electron chi connectivity index (χ2n) is 12.4. The molecule has 5 nitrogen and oxygen atoms in total. The number of piperidine rings is 1. The Balaban J connectivity index is 1.64. The first-order chi connectivity index (χ1) is 22.3. The highest BCUT2D eigenvalue weighted by molar-refractivity contribution is 7.92. The molecule has 2 heterocycles. The lowest BCUT2D eigenvalue weighted by molar-refractivity contribution is -0.348. The number of fused-ring (bicyclic) bond motifs is 3. The van der Waals surface area contributed by atoms with Gasteiger partial charge in [0.25, 0.3) is 0 Å². The largest absolute Gasteiger partial charge is 0.435 e. The average Bonchev–Trinajstić information content (AvgIpc) is 3.44. The van der Waals surface area contributed by atoms with Gasteiger partial charge in [-0.2, -0.15) is 26.3 Å². The van der Waals surface area contributed by atoms with E-state index in [2.05, 4.69) is 12.0 Å². The summed E-state index contributed by atoms with van der Waals surface area (Å²) in [6.45, 7) is 5.26. The van der Waals surface area contributed by atoms with Gasteiger partial charge in [0.15, 0.2) is 9.84 Å². The summed E-state index contributed by atoms with van der Waals surface area (Å²) in [5.74, 6) is 1.39. The van der Waals surface area contributed by atoms with E-state index in [-0.39, 0.29) is 59.8 Å². The average molecular weight is 703 g/mol. The Kier molecular flexibility index (Phi) is 9.20. The molecule has 5 rings (SSSR count). The molecule has 1 aliphatic carbocycles. The van der Waals surface area contributed by atoms with Gasteiger partial charge in [0, 0.05) is 36.8 Å². The highest BCUT2D eigenvalue weighted by atomic mass is 32.2. The number of amides is 1. The van der Waals surface area contributed by atoms with Crippen molar-refractivity contribution in [3.63, 3.8) is 0 Å². The normalized spacial score (nSPS) is 24.2. The molecule has 2 aromatic rings. The van der Waals surface area contributed by atoms with E-state index in [1.165, 1.54) is 11.8 Å². The summed E-state index contributed by atoms with van der Waals surface area (Å²) in [6.07, 6.45) is -9.82. The number of benzene rings is 2. The maximum atomic E-state index is 15.1. The molecular weight excluding hydrogens is 668 g/mol. The Bertz CT molecular complexity index is 1790. The fourth-order valence-electron chi connectivity index (χ4n) is 7.40. The molecule has 3 atom stereocenters. The van der Waals surface area contributed by atoms with Crippen LogP contribution in [0.1, 0.15) is 68.2 Å². The molecule has 2 aromatic carbocycles. The van der Waals surface area contributed by atoms with Crippen molar-refractivity contribution in [2.45, 2.75) is 93.0 Å². The summed E-state index contributed by atoms with van der Waals surface area (Å²) in [7, 11) is -4.59. The summed E-state index contributed by atoms with van der Waals surface area (Å²) < 4.78 is 139. The molecule has 0 N–H and O–H groups in total. The number of sulfone groups is 1. The fourth-order valence-corrected chi connectivity index (χ4v) is 9.85. The third kappa shape index (κ3) is 5.46. The molecule has 0 saturated carbocycles. The van der Waals surface area contributed by atoms with Gasteiger partial charge < -0.3 is 9.80 Å². The van der Waals surface area contributed by atoms with Crippen molar-refractivity contribution in [2.75, 3.05) is 13.1 Å². The van der Waals surface area contributed by atoms with Crippen LogP contribution in [0.15, 0.2) is 53.1 Å². The van der Waals surface area contributed by atoms with Crippen molar-refractivity contribution in [3.05, 3.63) is 76.2 Å². The number of alkyl halides is 7. The van der Waals surface area contributed by atoms with E-state index in [4.69, 9.17) is 0 Å². The monoisotopic (exact) mass is 702 g/mol. The van der Waals surface area contributed by atoms with Crippen LogP contribution in [0.2, 0.25) is 0 Å². The van der Waals surface area contributed by atoms with E-state index in [1.54, 1.807) is 4.90 Å². The SMILES string of the molecule is C/C=C1/CCC(C(=O)N2CCC3(S(=O)(=O)c4ccc(F)c(C)c4)c4ccc(C(F)(C(F)(F)F)C(F)(F)F)cc4CCC23)CN1C#CCC. The molecule has 3 aliphatic rings. The Morgan fingerprint density at radius 1 is 1.02 bits per heavy atom. The number of allylic oxidation sites excluding steroid dienone is 2. The number of hydrogen-bond donors (Lipinski definition) is 0. The van der Waals surface area contributed by atoms with Crippen molar-refractivity contribution in [2.24, 2.45) is 5.92 Å². The zero-order valence-corrected chi connectivity index (χ0v) is 27.2. The number of aryl methyl sites for hydroxylation is 2. The second kappa shape index (κ2) is 12.4. The first-order valence-corrected chi connectivity index (χ1v) is 17.0. The second-order valence-corrected chi connectivity index (χ2v) is 14.6. The molecule has 2 fully saturated rings. The number of carbonyl (C=O) groups excluding carboxylic acids is 1. The first-order valence-electron chi connectivity index (χ1n) is 15.5. The van der Waals surface area contributed by atoms with Gasteiger partial charge in [-0.15, -0.1) is 0 Å². The summed E-state index contributed by atoms with van der Waals surface area (Å²) >= 11 is 0. The van der Waals surface area contributed by atoms with Crippen LogP contribution in [0, 0.1) is 30.6 Å². The molecule has 0 aromatic heterocycles. The van der Waals surface area contributed by atoms with Crippen molar-refractivity contribution in [1.29, 1.82) is 0 Å². The van der Waals surface area contributed by atoms with Gasteiger partial charge in [-0.25, -0.2) is 17.2 Å². The van der Waals surface area contributed by atoms with Crippen LogP contribution >= 0.6 is 0 Å². The Labute approximate surface area is 273 Å². The third-order valence-corrected chi connectivity index (χ3v) is 12.4. The van der Waals surface area contributed by atoms with Gasteiger partial charge in [0.05, 0.1) is 16.9 Å². The topological polar surface area (TPSA) is 57.7 Å². The zero-order chi connectivity index (χ0) is 35.4. The Morgan fingerprint density at radius 2 is 1.71 bits per heavy atom. The van der Waals surface area contributed by atoms with Crippen molar-refractivity contribution >= 4 is 15.7 Å². The molecular formula is C34H34F8N2O3S. The fraction of sp³-hybridized carbons (Fsp3) is 0.500. The number of likely N-dealkylation sites (tertiary alicyclic amines) is 2. The molecule has 2 aliphatic heterocycles. The van der Waals surface area contributed by atoms with E-state index >= 15 is 4.39 Å². The highest BCUT2D eigenvalue weighted by Crippen LogP contribution is 2.57. The van der Waals surface area contributed by atoms with Gasteiger partial charge in [-0.3, -0.25) is 4.79 Å². The Hall–Kier alpha value is -3.60. The van der Waals surface area contributed by atoms with Crippen LogP contribution in [0.4, 0.5) is 35.1 Å². The van der Waals surface area contributed by atoms with Crippen LogP contribution in [0.5, 0.6) is 0 Å². The number of nitrogens with zero attached hydrogens (tertiary/aromatic N) is 2. The number of hydrogen-bond acceptors (Lipinski definition) is 4. The molecule has 14 heteroatoms. The maximum absolute atomic E-state index is 15.1. The quantitative estimate of drug-likeness (QED) is 0.187. The smallest absolute Gasteiger partial charge is 0.337 e. The minimum absolute atomic E-state index is 0.00540. The molecule has 1 amide bonds. The van der Waals surface area contributed by atoms with Crippen LogP contribution < -0.4 is 0 Å². The molecule has 260 valence electrons. The Morgan fingerprint density at radius 3 is 2.31 bits per heavy atom. The van der Waals surface area contributed by atoms with Crippen LogP contribution in [0.3, 0.4) is 0 Å². The minimum Gasteiger partial charge on any atom is -0.337 e. The molecule has 0 spiro atoms. The summed E-state index contributed by atoms with van der Waals surface area (Å²) in [5, 5.41) is 0. The van der Waals surface area contributed by atoms with Gasteiger partial charge in [0.1, 0.15) is 10.6 Å². The van der Waals surface area contributed by atoms with E-state index < -0.39 is 55.9 Å². The molecule has 0 radical (unpaired) electrons. The molecule has 48 heavy (non-hydrogen) atoms. The van der Waals surface area contributed by atoms with Gasteiger partial charge in [-0.1, -0.05) is 37.1 Å². The van der Waals surface area contributed by atoms with Crippen molar-refractivity contribution < 1.29 is 48.3 Å². The van der Waals surface area contributed by atoms with Crippen LogP contribution in [0.25, 0.3) is 0 Å². The predicted molar refractivity (Wildman–Crippen MR) is 161 cm³/mol. The number of carbonyl (C=O) groups is 1. The van der Waals surface area contributed by atoms with E-state index in [0.717, 1.165) is 30.0 Å². The van der Waals surface area contributed by atoms with Crippen LogP contribution in [-0.4, -0.2) is 55.6 Å². The number of halogens is 8. The lowest BCUT2D eigenvalue weighted by Crippen LogP contribution is -2.54. The van der Waals surface area contributed by atoms with Crippen molar-refractivity contribution in [1.82, 2.24) is 9.80 Å². The van der Waals surface area contributed by atoms with Gasteiger partial charge in [0.2, 0.25) is 5.91 Å². The van der Waals surface area contributed by atoms with E-state index in [1.807, 2.05) is 19.9 Å². The standard InChI is InChI=1S/C34H34F8N2O3S/c1-4-6-16-43-20-23(7-10-25(43)5-2)30(45)44-17-15-31(48(46,47)26-11-13-28(35)21(3)18-26)27-12-9-24(19-22(27)8-14-29(31)44)32(36,33(37,38)39)34(40,41)42/h5,9,11-13,18-19,23,29H,4,7-8,10,14-15,17,20H2,1-3H3/b25-5-. The molecule has 3 unspecified atom stereocenters. The maximum Gasteiger partial charge on any atom is 0.435 e. The predicted octanol–water partition coefficient (Wildman–Crippen LogP) is 7.63. The lowest BCUT2D eigenvalue weighted by atomic mass is 9.76.